The summed E-state index contributed by atoms with van der Waals surface area (Å²) in [5.74, 6) is -7.20. The highest BCUT2D eigenvalue weighted by Crippen LogP contribution is 2.65. The van der Waals surface area contributed by atoms with Gasteiger partial charge < -0.3 is 5.11 Å². The normalized spacial score (nSPS) is 27.0. The molecule has 3 fully saturated rings. The van der Waals surface area contributed by atoms with Gasteiger partial charge in [-0.05, 0) is 75.3 Å². The molecule has 0 spiro atoms. The molecular formula is C39H35Cl2F3N4O5. The number of phenols is 1. The lowest BCUT2D eigenvalue weighted by molar-refractivity contribution is -0.146. The van der Waals surface area contributed by atoms with E-state index < -0.39 is 69.1 Å². The first-order valence-corrected chi connectivity index (χ1v) is 17.8. The number of aromatic nitrogens is 1. The zero-order valence-corrected chi connectivity index (χ0v) is 30.4. The van der Waals surface area contributed by atoms with Crippen LogP contribution in [0.25, 0.3) is 0 Å². The lowest BCUT2D eigenvalue weighted by Gasteiger charge is -2.50. The Kier molecular flexibility index (Phi) is 8.80. The summed E-state index contributed by atoms with van der Waals surface area (Å²) in [4.78, 5) is 63.3. The van der Waals surface area contributed by atoms with E-state index in [4.69, 9.17) is 23.2 Å². The predicted molar refractivity (Wildman–Crippen MR) is 190 cm³/mol. The molecule has 6 atom stereocenters. The maximum Gasteiger partial charge on any atom is 0.417 e. The van der Waals surface area contributed by atoms with Crippen molar-refractivity contribution in [1.29, 1.82) is 0 Å². The number of alkyl halides is 3. The lowest BCUT2D eigenvalue weighted by Crippen LogP contribution is -2.53. The molecule has 6 unspecified atom stereocenters. The number of carbonyl (C=O) groups excluding carboxylic acids is 4. The number of phenolic OH excluding ortho intramolecular Hbond substituents is 1. The first kappa shape index (κ1) is 36.7. The number of halogens is 5. The Labute approximate surface area is 313 Å². The smallest absolute Gasteiger partial charge is 0.417 e. The molecule has 4 aliphatic rings. The minimum absolute atomic E-state index is 0.0346. The van der Waals surface area contributed by atoms with E-state index in [0.29, 0.717) is 39.5 Å². The summed E-state index contributed by atoms with van der Waals surface area (Å²) in [7, 11) is 0. The van der Waals surface area contributed by atoms with Gasteiger partial charge in [0.2, 0.25) is 11.8 Å². The highest BCUT2D eigenvalue weighted by molar-refractivity contribution is 6.33. The molecule has 2 aliphatic heterocycles. The van der Waals surface area contributed by atoms with Gasteiger partial charge in [0, 0.05) is 28.2 Å². The first-order chi connectivity index (χ1) is 24.9. The van der Waals surface area contributed by atoms with Crippen LogP contribution < -0.4 is 5.43 Å². The average Bonchev–Trinajstić information content (AvgIpc) is 3.47. The number of hydrogen-bond acceptors (Lipinski definition) is 7. The molecule has 1 saturated carbocycles. The van der Waals surface area contributed by atoms with Gasteiger partial charge in [-0.2, -0.15) is 18.2 Å². The largest absolute Gasteiger partial charge is 0.507 e. The molecule has 14 heteroatoms. The third kappa shape index (κ3) is 5.55. The molecule has 2 N–H and O–H groups in total. The molecule has 0 bridgehead atoms. The summed E-state index contributed by atoms with van der Waals surface area (Å²) in [6.07, 6.45) is -0.295. The monoisotopic (exact) mass is 766 g/mol. The van der Waals surface area contributed by atoms with Crippen molar-refractivity contribution in [1.82, 2.24) is 14.9 Å². The molecule has 53 heavy (non-hydrogen) atoms. The van der Waals surface area contributed by atoms with Crippen LogP contribution in [0.5, 0.6) is 5.75 Å². The van der Waals surface area contributed by atoms with Crippen molar-refractivity contribution in [3.63, 3.8) is 0 Å². The number of para-hydroxylation sites is 1. The number of nitrogens with zero attached hydrogens (tertiary/aromatic N) is 3. The summed E-state index contributed by atoms with van der Waals surface area (Å²) in [6, 6.07) is 12.2. The summed E-state index contributed by atoms with van der Waals surface area (Å²) >= 11 is 12.6. The third-order valence-corrected chi connectivity index (χ3v) is 11.6. The molecule has 3 aromatic rings. The molecule has 2 aliphatic carbocycles. The van der Waals surface area contributed by atoms with Crippen LogP contribution in [0.3, 0.4) is 0 Å². The van der Waals surface area contributed by atoms with Crippen LogP contribution in [0.4, 0.5) is 19.0 Å². The second kappa shape index (κ2) is 12.7. The van der Waals surface area contributed by atoms with Gasteiger partial charge in [0.15, 0.2) is 5.82 Å². The number of nitrogens with one attached hydrogen (secondary N) is 1. The number of hydrogen-bond donors (Lipinski definition) is 2. The van der Waals surface area contributed by atoms with Crippen LogP contribution >= 0.6 is 23.2 Å². The minimum Gasteiger partial charge on any atom is -0.507 e. The van der Waals surface area contributed by atoms with Gasteiger partial charge in [-0.25, -0.2) is 4.98 Å². The Morgan fingerprint density at radius 3 is 2.34 bits per heavy atom. The lowest BCUT2D eigenvalue weighted by atomic mass is 9.49. The van der Waals surface area contributed by atoms with Crippen LogP contribution in [0.1, 0.15) is 61.8 Å². The zero-order valence-electron chi connectivity index (χ0n) is 28.9. The van der Waals surface area contributed by atoms with Gasteiger partial charge in [-0.3, -0.25) is 29.5 Å². The van der Waals surface area contributed by atoms with Gasteiger partial charge in [0.05, 0.1) is 33.8 Å². The van der Waals surface area contributed by atoms with Crippen LogP contribution in [0.15, 0.2) is 79.0 Å². The highest BCUT2D eigenvalue weighted by Gasteiger charge is 2.71. The number of likely N-dealkylation sites (tertiary alicyclic amines) is 1. The van der Waals surface area contributed by atoms with Gasteiger partial charge >= 0.3 is 6.18 Å². The van der Waals surface area contributed by atoms with E-state index in [-0.39, 0.29) is 42.6 Å². The molecule has 7 rings (SSSR count). The minimum atomic E-state index is -4.75. The number of aromatic hydroxyl groups is 1. The molecule has 3 heterocycles. The van der Waals surface area contributed by atoms with Crippen molar-refractivity contribution in [3.05, 3.63) is 111 Å². The van der Waals surface area contributed by atoms with Crippen molar-refractivity contribution in [2.75, 3.05) is 5.43 Å². The van der Waals surface area contributed by atoms with Crippen molar-refractivity contribution in [3.8, 4) is 5.75 Å². The Morgan fingerprint density at radius 1 is 1.02 bits per heavy atom. The highest BCUT2D eigenvalue weighted by atomic mass is 35.5. The first-order valence-electron chi connectivity index (χ1n) is 17.1. The van der Waals surface area contributed by atoms with Crippen molar-refractivity contribution in [2.45, 2.75) is 63.1 Å². The fraction of sp³-hybridized carbons (Fsp3) is 0.359. The molecule has 9 nitrogen and oxygen atoms in total. The van der Waals surface area contributed by atoms with E-state index in [1.807, 2.05) is 6.08 Å². The van der Waals surface area contributed by atoms with E-state index in [9.17, 15) is 32.7 Å². The van der Waals surface area contributed by atoms with Crippen molar-refractivity contribution >= 4 is 52.6 Å². The molecule has 276 valence electrons. The third-order valence-electron chi connectivity index (χ3n) is 11.1. The fourth-order valence-electron chi connectivity index (χ4n) is 8.95. The Bertz CT molecular complexity index is 2110. The van der Waals surface area contributed by atoms with E-state index in [2.05, 4.69) is 17.0 Å². The van der Waals surface area contributed by atoms with Crippen LogP contribution in [-0.4, -0.2) is 49.2 Å². The fourth-order valence-corrected chi connectivity index (χ4v) is 9.29. The maximum atomic E-state index is 15.3. The Morgan fingerprint density at radius 2 is 1.72 bits per heavy atom. The van der Waals surface area contributed by atoms with E-state index in [1.165, 1.54) is 4.90 Å². The Hall–Kier alpha value is -4.68. The standard InChI is InChI=1S/C39H35Cl2F3N4O5/c1-5-7-19-8-6-9-25(31(19)49)30-23-14-15-24-29(35(52)47(33(24)50)37(2,3)4)26(23)17-27-34(51)48(36(53)38(27,30)20-10-12-22(40)13-11-20)46-32-28(41)16-21(18-45-32)39(42,43)44/h5-6,8-14,16,18,24,26-27,29-30,49H,1,7,15,17H2,2-4H3,(H,45,46). The Balaban J connectivity index is 1.46. The second-order valence-electron chi connectivity index (χ2n) is 14.9. The molecule has 4 amide bonds. The molecule has 0 radical (unpaired) electrons. The average molecular weight is 768 g/mol. The van der Waals surface area contributed by atoms with Gasteiger partial charge in [-0.1, -0.05) is 71.3 Å². The number of hydrazine groups is 1. The number of fused-ring (bicyclic) bond motifs is 4. The van der Waals surface area contributed by atoms with Crippen LogP contribution in [-0.2, 0) is 37.2 Å². The number of allylic oxidation sites excluding steroid dienone is 3. The maximum absolute atomic E-state index is 15.3. The predicted octanol–water partition coefficient (Wildman–Crippen LogP) is 7.62. The van der Waals surface area contributed by atoms with Crippen molar-refractivity contribution in [2.24, 2.45) is 23.7 Å². The number of imide groups is 2. The number of carbonyl (C=O) groups is 4. The zero-order chi connectivity index (χ0) is 38.4. The topological polar surface area (TPSA) is 120 Å². The number of anilines is 1. The van der Waals surface area contributed by atoms with Crippen molar-refractivity contribution < 1.29 is 37.5 Å². The molecule has 1 aromatic heterocycles. The second-order valence-corrected chi connectivity index (χ2v) is 15.8. The van der Waals surface area contributed by atoms with Gasteiger partial charge in [0.1, 0.15) is 5.75 Å². The van der Waals surface area contributed by atoms with Crippen LogP contribution in [0.2, 0.25) is 10.0 Å². The summed E-state index contributed by atoms with van der Waals surface area (Å²) in [5.41, 5.74) is 0.715. The molecular weight excluding hydrogens is 732 g/mol. The summed E-state index contributed by atoms with van der Waals surface area (Å²) in [5, 5.41) is 12.5. The summed E-state index contributed by atoms with van der Waals surface area (Å²) < 4.78 is 40.4. The molecule has 2 saturated heterocycles. The van der Waals surface area contributed by atoms with E-state index in [1.54, 1.807) is 69.3 Å². The SMILES string of the molecule is C=CCc1cccc(C2C3=CCC4C(=O)N(C(C)(C)C)C(=O)C4C3CC3C(=O)N(Nc4ncc(C(F)(F)F)cc4Cl)C(=O)C32c2ccc(Cl)cc2)c1O. The molecule has 2 aromatic carbocycles. The number of amides is 4. The van der Waals surface area contributed by atoms with Gasteiger partial charge in [-0.15, -0.1) is 6.58 Å². The van der Waals surface area contributed by atoms with E-state index in [0.717, 1.165) is 5.01 Å². The summed E-state index contributed by atoms with van der Waals surface area (Å²) in [6.45, 7) is 9.12. The number of rotatable bonds is 6. The van der Waals surface area contributed by atoms with Gasteiger partial charge in [0.25, 0.3) is 11.8 Å². The quantitative estimate of drug-likeness (QED) is 0.196. The number of pyridine rings is 1. The van der Waals surface area contributed by atoms with Crippen LogP contribution in [0, 0.1) is 23.7 Å². The van der Waals surface area contributed by atoms with E-state index >= 15 is 4.79 Å². The number of benzene rings is 2.